The lowest BCUT2D eigenvalue weighted by Crippen LogP contribution is -2.68. The molecule has 0 radical (unpaired) electrons. The number of aliphatic hydroxyl groups is 5. The number of carbonyl (C=O) groups excluding carboxylic acids is 1. The number of hydrogen-bond acceptors (Lipinski definition) is 12. The van der Waals surface area contributed by atoms with E-state index in [4.69, 9.17) is 9.47 Å². The van der Waals surface area contributed by atoms with Crippen molar-refractivity contribution in [2.45, 2.75) is 106 Å². The second-order valence-corrected chi connectivity index (χ2v) is 14.5. The van der Waals surface area contributed by atoms with Crippen LogP contribution >= 0.6 is 0 Å². The SMILES string of the molecule is O=C(/C=C/c1ccc(O)c(Cc2cnc[nH]2)c1)N1c2c(cc(O)c3c2CC[C@@]2(O3)O[C@H](CO)[C@@H](O)[C@H](O)[C@H]2O)C[C@]1(CCC1(O)CCCC1)C(=O)O. The van der Waals surface area contributed by atoms with Crippen LogP contribution in [0.15, 0.2) is 42.9 Å². The lowest BCUT2D eigenvalue weighted by Gasteiger charge is -2.50. The number of imidazole rings is 1. The summed E-state index contributed by atoms with van der Waals surface area (Å²) in [6.07, 6.45) is 2.06. The first kappa shape index (κ1) is 35.9. The summed E-state index contributed by atoms with van der Waals surface area (Å²) in [6, 6.07) is 6.11. The zero-order chi connectivity index (χ0) is 37.0. The molecule has 1 amide bonds. The smallest absolute Gasteiger partial charge is 0.330 e. The Morgan fingerprint density at radius 2 is 1.81 bits per heavy atom. The van der Waals surface area contributed by atoms with Crippen molar-refractivity contribution in [3.05, 3.63) is 70.8 Å². The van der Waals surface area contributed by atoms with Crippen molar-refractivity contribution >= 4 is 23.6 Å². The number of phenolic OH excluding ortho intramolecular Hbond substituents is 2. The lowest BCUT2D eigenvalue weighted by molar-refractivity contribution is -0.342. The van der Waals surface area contributed by atoms with Crippen LogP contribution in [0.5, 0.6) is 17.2 Å². The summed E-state index contributed by atoms with van der Waals surface area (Å²) >= 11 is 0. The minimum absolute atomic E-state index is 0.0217. The van der Waals surface area contributed by atoms with E-state index >= 15 is 0 Å². The molecule has 4 aliphatic rings. The van der Waals surface area contributed by atoms with Gasteiger partial charge in [0.2, 0.25) is 5.79 Å². The molecule has 6 atom stereocenters. The summed E-state index contributed by atoms with van der Waals surface area (Å²) in [5.74, 6) is -4.55. The second kappa shape index (κ2) is 13.5. The van der Waals surface area contributed by atoms with Gasteiger partial charge in [0, 0.05) is 48.4 Å². The number of aliphatic carboxylic acids is 1. The molecule has 0 bridgehead atoms. The number of nitrogens with zero attached hydrogens (tertiary/aromatic N) is 2. The number of aromatic hydroxyl groups is 2. The first-order valence-corrected chi connectivity index (χ1v) is 17.5. The van der Waals surface area contributed by atoms with Crippen molar-refractivity contribution in [3.8, 4) is 17.2 Å². The average molecular weight is 722 g/mol. The number of carbonyl (C=O) groups is 2. The largest absolute Gasteiger partial charge is 0.508 e. The number of amides is 1. The van der Waals surface area contributed by atoms with Crippen molar-refractivity contribution in [2.24, 2.45) is 0 Å². The molecule has 3 aromatic rings. The van der Waals surface area contributed by atoms with Crippen LogP contribution in [0.2, 0.25) is 0 Å². The number of rotatable bonds is 9. The van der Waals surface area contributed by atoms with Gasteiger partial charge in [-0.05, 0) is 67.5 Å². The highest BCUT2D eigenvalue weighted by atomic mass is 16.7. The Labute approximate surface area is 298 Å². The zero-order valence-electron chi connectivity index (χ0n) is 28.3. The minimum Gasteiger partial charge on any atom is -0.508 e. The van der Waals surface area contributed by atoms with Crippen LogP contribution in [0.3, 0.4) is 0 Å². The fourth-order valence-electron chi connectivity index (χ4n) is 8.35. The number of aromatic amines is 1. The summed E-state index contributed by atoms with van der Waals surface area (Å²) in [6.45, 7) is -0.702. The Balaban J connectivity index is 1.28. The summed E-state index contributed by atoms with van der Waals surface area (Å²) in [7, 11) is 0. The van der Waals surface area contributed by atoms with Gasteiger partial charge < -0.3 is 55.3 Å². The Bertz CT molecular complexity index is 1870. The van der Waals surface area contributed by atoms with E-state index in [0.717, 1.165) is 18.5 Å². The topological polar surface area (TPSA) is 246 Å². The molecule has 15 nitrogen and oxygen atoms in total. The maximum absolute atomic E-state index is 14.5. The number of carboxylic acids is 1. The molecule has 1 aromatic heterocycles. The van der Waals surface area contributed by atoms with Gasteiger partial charge in [0.15, 0.2) is 11.5 Å². The van der Waals surface area contributed by atoms with E-state index in [0.29, 0.717) is 36.0 Å². The van der Waals surface area contributed by atoms with Crippen molar-refractivity contribution < 1.29 is 59.9 Å². The molecule has 1 spiro atoms. The molecule has 15 heteroatoms. The average Bonchev–Trinajstić information content (AvgIpc) is 3.88. The number of aliphatic hydroxyl groups excluding tert-OH is 4. The summed E-state index contributed by atoms with van der Waals surface area (Å²) < 4.78 is 11.9. The van der Waals surface area contributed by atoms with Crippen LogP contribution in [0.25, 0.3) is 6.08 Å². The van der Waals surface area contributed by atoms with E-state index in [9.17, 15) is 50.4 Å². The van der Waals surface area contributed by atoms with Crippen LogP contribution in [0.1, 0.15) is 72.9 Å². The van der Waals surface area contributed by atoms with Gasteiger partial charge in [-0.3, -0.25) is 9.69 Å². The van der Waals surface area contributed by atoms with Crippen LogP contribution in [0, 0.1) is 0 Å². The first-order valence-electron chi connectivity index (χ1n) is 17.5. The van der Waals surface area contributed by atoms with Gasteiger partial charge in [0.1, 0.15) is 35.7 Å². The lowest BCUT2D eigenvalue weighted by atomic mass is 9.83. The van der Waals surface area contributed by atoms with E-state index in [1.165, 1.54) is 35.5 Å². The number of ether oxygens (including phenoxy) is 2. The summed E-state index contributed by atoms with van der Waals surface area (Å²) in [4.78, 5) is 36.1. The number of fused-ring (bicyclic) bond motifs is 3. The Morgan fingerprint density at radius 1 is 1.04 bits per heavy atom. The van der Waals surface area contributed by atoms with Crippen LogP contribution in [-0.4, -0.2) is 111 Å². The Hall–Kier alpha value is -4.51. The van der Waals surface area contributed by atoms with Gasteiger partial charge in [0.25, 0.3) is 5.91 Å². The van der Waals surface area contributed by atoms with Gasteiger partial charge in [0.05, 0.1) is 24.2 Å². The summed E-state index contributed by atoms with van der Waals surface area (Å²) in [5, 5.41) is 85.7. The Kier molecular flexibility index (Phi) is 9.30. The van der Waals surface area contributed by atoms with Gasteiger partial charge in [-0.1, -0.05) is 18.9 Å². The molecule has 9 N–H and O–H groups in total. The van der Waals surface area contributed by atoms with E-state index in [2.05, 4.69) is 9.97 Å². The van der Waals surface area contributed by atoms with Crippen molar-refractivity contribution in [2.75, 3.05) is 11.5 Å². The maximum atomic E-state index is 14.5. The van der Waals surface area contributed by atoms with E-state index < -0.39 is 65.6 Å². The molecule has 4 heterocycles. The second-order valence-electron chi connectivity index (χ2n) is 14.5. The van der Waals surface area contributed by atoms with Crippen LogP contribution in [-0.2, 0) is 33.6 Å². The number of carboxylic acid groups (broad SMARTS) is 1. The number of hydrogen-bond donors (Lipinski definition) is 9. The molecule has 2 fully saturated rings. The molecule has 278 valence electrons. The third kappa shape index (κ3) is 6.10. The van der Waals surface area contributed by atoms with E-state index in [-0.39, 0.29) is 54.9 Å². The van der Waals surface area contributed by atoms with Crippen LogP contribution < -0.4 is 9.64 Å². The monoisotopic (exact) mass is 721 g/mol. The zero-order valence-corrected chi connectivity index (χ0v) is 28.3. The van der Waals surface area contributed by atoms with E-state index in [1.807, 2.05) is 0 Å². The molecular weight excluding hydrogens is 678 g/mol. The standard InChI is InChI=1S/C37H43N3O12/c41-18-27-30(45)31(46)33(47)37(51-27)10-7-24-29-22(15-26(43)32(24)52-37)16-36(34(48)49,12-11-35(50)8-1-2-9-35)40(29)28(44)6-4-20-3-5-25(42)21(13-20)14-23-17-38-19-39-23/h3-6,13,15,17,19,27,30-31,33,41-43,45-47,50H,1-2,7-12,14,16,18H2,(H,38,39)(H,48,49)/b6-4+/t27-,30-,31+,33-,36-,37+/m1/s1. The highest BCUT2D eigenvalue weighted by Crippen LogP contribution is 2.55. The first-order chi connectivity index (χ1) is 24.8. The molecule has 1 saturated carbocycles. The predicted molar refractivity (Wildman–Crippen MR) is 183 cm³/mol. The van der Waals surface area contributed by atoms with Gasteiger partial charge in [-0.25, -0.2) is 9.78 Å². The fraction of sp³-hybridized carbons (Fsp3) is 0.486. The van der Waals surface area contributed by atoms with Crippen molar-refractivity contribution in [3.63, 3.8) is 0 Å². The molecule has 2 aromatic carbocycles. The molecule has 52 heavy (non-hydrogen) atoms. The van der Waals surface area contributed by atoms with Crippen molar-refractivity contribution in [1.82, 2.24) is 9.97 Å². The minimum atomic E-state index is -1.99. The molecule has 1 aliphatic carbocycles. The number of aromatic nitrogens is 2. The molecule has 0 unspecified atom stereocenters. The van der Waals surface area contributed by atoms with Gasteiger partial charge in [-0.15, -0.1) is 0 Å². The van der Waals surface area contributed by atoms with Crippen LogP contribution in [0.4, 0.5) is 5.69 Å². The molecule has 7 rings (SSSR count). The molecule has 1 saturated heterocycles. The number of phenols is 2. The molecular formula is C37H43N3O12. The number of anilines is 1. The van der Waals surface area contributed by atoms with E-state index in [1.54, 1.807) is 18.3 Å². The third-order valence-electron chi connectivity index (χ3n) is 11.2. The number of nitrogens with one attached hydrogen (secondary N) is 1. The maximum Gasteiger partial charge on any atom is 0.330 e. The fourth-order valence-corrected chi connectivity index (χ4v) is 8.35. The quantitative estimate of drug-likeness (QED) is 0.142. The third-order valence-corrected chi connectivity index (χ3v) is 11.2. The highest BCUT2D eigenvalue weighted by Gasteiger charge is 2.59. The highest BCUT2D eigenvalue weighted by molar-refractivity contribution is 6.11. The van der Waals surface area contributed by atoms with Gasteiger partial charge in [-0.2, -0.15) is 0 Å². The Morgan fingerprint density at radius 3 is 2.50 bits per heavy atom. The predicted octanol–water partition coefficient (Wildman–Crippen LogP) is 1.42. The summed E-state index contributed by atoms with van der Waals surface area (Å²) in [5.41, 5.74) is -0.222. The van der Waals surface area contributed by atoms with Gasteiger partial charge >= 0.3 is 5.97 Å². The normalized spacial score (nSPS) is 29.3. The molecule has 3 aliphatic heterocycles. The van der Waals surface area contributed by atoms with Crippen molar-refractivity contribution in [1.29, 1.82) is 0 Å². The number of benzene rings is 2. The number of H-pyrrole nitrogens is 1.